The Morgan fingerprint density at radius 3 is 2.12 bits per heavy atom. The van der Waals surface area contributed by atoms with Gasteiger partial charge in [-0.3, -0.25) is 4.79 Å². The topological polar surface area (TPSA) is 134 Å². The van der Waals surface area contributed by atoms with Gasteiger partial charge in [-0.15, -0.1) is 0 Å². The highest BCUT2D eigenvalue weighted by Gasteiger charge is 2.31. The number of alkyl carbamates (subject to hydrolysis) is 1. The summed E-state index contributed by atoms with van der Waals surface area (Å²) in [7, 11) is 0. The molecule has 0 bridgehead atoms. The summed E-state index contributed by atoms with van der Waals surface area (Å²) in [5, 5.41) is 15.0. The highest BCUT2D eigenvalue weighted by Crippen LogP contribution is 2.44. The largest absolute Gasteiger partial charge is 0.480 e. The van der Waals surface area contributed by atoms with Crippen molar-refractivity contribution in [2.24, 2.45) is 5.92 Å². The van der Waals surface area contributed by atoms with Crippen molar-refractivity contribution in [2.75, 3.05) is 26.2 Å². The van der Waals surface area contributed by atoms with Crippen LogP contribution in [0.2, 0.25) is 0 Å². The summed E-state index contributed by atoms with van der Waals surface area (Å²) in [5.74, 6) is -1.68. The third-order valence-corrected chi connectivity index (χ3v) is 7.65. The Balaban J connectivity index is 1.15. The summed E-state index contributed by atoms with van der Waals surface area (Å²) in [6.45, 7) is 6.94. The van der Waals surface area contributed by atoms with Gasteiger partial charge < -0.3 is 30.1 Å². The minimum absolute atomic E-state index is 0.104. The lowest BCUT2D eigenvalue weighted by atomic mass is 9.97. The summed E-state index contributed by atoms with van der Waals surface area (Å²) in [6, 6.07) is 14.7. The number of benzene rings is 2. The van der Waals surface area contributed by atoms with E-state index in [-0.39, 0.29) is 36.9 Å². The molecule has 1 aliphatic carbocycles. The first-order valence-electron chi connectivity index (χ1n) is 14.6. The number of likely N-dealkylation sites (tertiary alicyclic amines) is 1. The van der Waals surface area contributed by atoms with Gasteiger partial charge in [0.15, 0.2) is 0 Å². The van der Waals surface area contributed by atoms with Gasteiger partial charge >= 0.3 is 24.1 Å². The summed E-state index contributed by atoms with van der Waals surface area (Å²) in [5.41, 5.74) is 3.86. The standard InChI is InChI=1S/C32H41N3O7/c1-32(2,3)42-29(38)21-15-18-35(19-16-21)30(39)33-17-9-8-14-27(28(36)37)34-31(40)41-20-26-24-12-6-4-10-22(24)23-11-5-7-13-25(23)26/h4-7,10-13,21,26-27H,8-9,14-20H2,1-3H3,(H,33,39)(H,34,40)(H,36,37)/t27-/m1/s1. The molecule has 2 aromatic rings. The lowest BCUT2D eigenvalue weighted by molar-refractivity contribution is -0.161. The molecule has 1 fully saturated rings. The van der Waals surface area contributed by atoms with E-state index in [1.807, 2.05) is 69.3 Å². The quantitative estimate of drug-likeness (QED) is 0.269. The Labute approximate surface area is 246 Å². The number of urea groups is 1. The second-order valence-corrected chi connectivity index (χ2v) is 11.9. The number of carboxylic acids is 1. The number of hydrogen-bond donors (Lipinski definition) is 3. The van der Waals surface area contributed by atoms with Gasteiger partial charge in [-0.1, -0.05) is 48.5 Å². The van der Waals surface area contributed by atoms with Gasteiger partial charge in [-0.05, 0) is 75.1 Å². The Bertz CT molecular complexity index is 1240. The fourth-order valence-corrected chi connectivity index (χ4v) is 5.52. The van der Waals surface area contributed by atoms with Gasteiger partial charge in [-0.2, -0.15) is 0 Å². The van der Waals surface area contributed by atoms with Crippen molar-refractivity contribution in [1.82, 2.24) is 15.5 Å². The minimum Gasteiger partial charge on any atom is -0.480 e. The molecular formula is C32H41N3O7. The van der Waals surface area contributed by atoms with Crippen LogP contribution < -0.4 is 10.6 Å². The Morgan fingerprint density at radius 1 is 0.952 bits per heavy atom. The van der Waals surface area contributed by atoms with E-state index < -0.39 is 23.7 Å². The summed E-state index contributed by atoms with van der Waals surface area (Å²) in [6.07, 6.45) is 1.59. The van der Waals surface area contributed by atoms with Gasteiger partial charge in [0.2, 0.25) is 0 Å². The van der Waals surface area contributed by atoms with Crippen LogP contribution in [0.1, 0.15) is 69.9 Å². The molecule has 1 saturated heterocycles. The molecule has 3 N–H and O–H groups in total. The third kappa shape index (κ3) is 8.02. The predicted octanol–water partition coefficient (Wildman–Crippen LogP) is 4.91. The molecule has 0 aromatic heterocycles. The number of nitrogens with zero attached hydrogens (tertiary/aromatic N) is 1. The predicted molar refractivity (Wildman–Crippen MR) is 157 cm³/mol. The number of carbonyl (C=O) groups is 4. The summed E-state index contributed by atoms with van der Waals surface area (Å²) in [4.78, 5) is 50.8. The van der Waals surface area contributed by atoms with Crippen molar-refractivity contribution in [1.29, 1.82) is 0 Å². The lowest BCUT2D eigenvalue weighted by Crippen LogP contribution is -2.46. The van der Waals surface area contributed by atoms with Crippen molar-refractivity contribution in [3.05, 3.63) is 59.7 Å². The molecule has 2 aromatic carbocycles. The van der Waals surface area contributed by atoms with E-state index >= 15 is 0 Å². The van der Waals surface area contributed by atoms with Gasteiger partial charge in [0.1, 0.15) is 18.2 Å². The van der Waals surface area contributed by atoms with Crippen LogP contribution in [0.25, 0.3) is 11.1 Å². The highest BCUT2D eigenvalue weighted by atomic mass is 16.6. The molecular weight excluding hydrogens is 538 g/mol. The number of esters is 1. The van der Waals surface area contributed by atoms with Crippen LogP contribution in [-0.2, 0) is 19.1 Å². The number of aliphatic carboxylic acids is 1. The number of unbranched alkanes of at least 4 members (excludes halogenated alkanes) is 1. The zero-order valence-electron chi connectivity index (χ0n) is 24.6. The van der Waals surface area contributed by atoms with Crippen LogP contribution in [0.15, 0.2) is 48.5 Å². The fourth-order valence-electron chi connectivity index (χ4n) is 5.52. The average molecular weight is 580 g/mol. The van der Waals surface area contributed by atoms with Crippen LogP contribution in [0.5, 0.6) is 0 Å². The molecule has 0 radical (unpaired) electrons. The van der Waals surface area contributed by atoms with Crippen molar-refractivity contribution in [2.45, 2.75) is 70.4 Å². The van der Waals surface area contributed by atoms with Crippen LogP contribution in [0.3, 0.4) is 0 Å². The zero-order valence-corrected chi connectivity index (χ0v) is 24.6. The van der Waals surface area contributed by atoms with Crippen molar-refractivity contribution in [3.8, 4) is 11.1 Å². The molecule has 3 amide bonds. The van der Waals surface area contributed by atoms with Gasteiger partial charge in [0, 0.05) is 25.6 Å². The number of hydrogen-bond acceptors (Lipinski definition) is 6. The Morgan fingerprint density at radius 2 is 1.55 bits per heavy atom. The smallest absolute Gasteiger partial charge is 0.407 e. The van der Waals surface area contributed by atoms with Gasteiger partial charge in [0.25, 0.3) is 0 Å². The third-order valence-electron chi connectivity index (χ3n) is 7.65. The first-order valence-corrected chi connectivity index (χ1v) is 14.6. The van der Waals surface area contributed by atoms with Crippen LogP contribution in [-0.4, -0.2) is 72.0 Å². The number of nitrogens with one attached hydrogen (secondary N) is 2. The maximum atomic E-state index is 12.5. The number of carbonyl (C=O) groups excluding carboxylic acids is 3. The lowest BCUT2D eigenvalue weighted by Gasteiger charge is -2.32. The molecule has 226 valence electrons. The maximum Gasteiger partial charge on any atom is 0.407 e. The van der Waals surface area contributed by atoms with Crippen molar-refractivity contribution >= 4 is 24.1 Å². The van der Waals surface area contributed by atoms with E-state index in [9.17, 15) is 24.3 Å². The number of amides is 3. The molecule has 1 aliphatic heterocycles. The molecule has 0 spiro atoms. The molecule has 1 heterocycles. The van der Waals surface area contributed by atoms with Gasteiger partial charge in [-0.25, -0.2) is 14.4 Å². The molecule has 2 aliphatic rings. The zero-order chi connectivity index (χ0) is 30.3. The van der Waals surface area contributed by atoms with Crippen LogP contribution in [0, 0.1) is 5.92 Å². The average Bonchev–Trinajstić information content (AvgIpc) is 3.28. The normalized spacial score (nSPS) is 15.7. The fraction of sp³-hybridized carbons (Fsp3) is 0.500. The minimum atomic E-state index is -1.14. The monoisotopic (exact) mass is 579 g/mol. The Kier molecular flexibility index (Phi) is 10.1. The molecule has 4 rings (SSSR count). The first-order chi connectivity index (χ1) is 20.0. The highest BCUT2D eigenvalue weighted by molar-refractivity contribution is 5.81. The number of ether oxygens (including phenoxy) is 2. The molecule has 0 saturated carbocycles. The van der Waals surface area contributed by atoms with Crippen LogP contribution in [0.4, 0.5) is 9.59 Å². The molecule has 1 atom stereocenters. The van der Waals surface area contributed by atoms with E-state index in [2.05, 4.69) is 10.6 Å². The number of fused-ring (bicyclic) bond motifs is 3. The van der Waals surface area contributed by atoms with E-state index in [1.54, 1.807) is 4.90 Å². The van der Waals surface area contributed by atoms with Gasteiger partial charge in [0.05, 0.1) is 5.92 Å². The number of rotatable bonds is 10. The van der Waals surface area contributed by atoms with E-state index in [0.717, 1.165) is 22.3 Å². The maximum absolute atomic E-state index is 12.5. The van der Waals surface area contributed by atoms with Crippen LogP contribution >= 0.6 is 0 Å². The molecule has 10 heteroatoms. The molecule has 10 nitrogen and oxygen atoms in total. The Hall–Kier alpha value is -4.08. The van der Waals surface area contributed by atoms with Crippen molar-refractivity contribution < 1.29 is 33.8 Å². The second kappa shape index (κ2) is 13.7. The second-order valence-electron chi connectivity index (χ2n) is 11.9. The molecule has 42 heavy (non-hydrogen) atoms. The summed E-state index contributed by atoms with van der Waals surface area (Å²) < 4.78 is 10.9. The van der Waals surface area contributed by atoms with E-state index in [1.165, 1.54) is 0 Å². The van der Waals surface area contributed by atoms with Crippen molar-refractivity contribution in [3.63, 3.8) is 0 Å². The van der Waals surface area contributed by atoms with E-state index in [4.69, 9.17) is 9.47 Å². The SMILES string of the molecule is CC(C)(C)OC(=O)C1CCN(C(=O)NCCCC[C@@H](NC(=O)OCC2c3ccccc3-c3ccccc32)C(=O)O)CC1. The molecule has 0 unspecified atom stereocenters. The first kappa shape index (κ1) is 30.9. The number of carboxylic acid groups (broad SMARTS) is 1. The van der Waals surface area contributed by atoms with E-state index in [0.29, 0.717) is 45.3 Å². The summed E-state index contributed by atoms with van der Waals surface area (Å²) >= 11 is 0. The number of piperidine rings is 1.